The normalized spacial score (nSPS) is 15.2. The van der Waals surface area contributed by atoms with Crippen molar-refractivity contribution in [3.05, 3.63) is 81.4 Å². The van der Waals surface area contributed by atoms with Gasteiger partial charge < -0.3 is 4.90 Å². The molecule has 1 fully saturated rings. The molecule has 146 valence electrons. The van der Waals surface area contributed by atoms with Gasteiger partial charge in [-0.2, -0.15) is 0 Å². The molecule has 2 aromatic carbocycles. The van der Waals surface area contributed by atoms with Crippen LogP contribution in [0.4, 0.5) is 5.69 Å². The van der Waals surface area contributed by atoms with Gasteiger partial charge in [0, 0.05) is 18.2 Å². The molecule has 0 saturated carbocycles. The number of rotatable bonds is 7. The summed E-state index contributed by atoms with van der Waals surface area (Å²) in [6.07, 6.45) is 6.60. The van der Waals surface area contributed by atoms with Crippen LogP contribution < -0.4 is 0 Å². The van der Waals surface area contributed by atoms with Gasteiger partial charge in [-0.3, -0.25) is 14.9 Å². The van der Waals surface area contributed by atoms with Crippen LogP contribution in [0, 0.1) is 15.5 Å². The van der Waals surface area contributed by atoms with Crippen molar-refractivity contribution in [3.8, 4) is 0 Å². The summed E-state index contributed by atoms with van der Waals surface area (Å²) >= 11 is 0. The maximum Gasteiger partial charge on any atom is 0.280 e. The third-order valence-corrected chi connectivity index (χ3v) is 5.05. The molecule has 0 bridgehead atoms. The minimum atomic E-state index is -0.499. The fraction of sp³-hybridized carbons (Fsp3) is 0.348. The number of carbonyl (C=O) groups is 1. The molecule has 1 saturated heterocycles. The van der Waals surface area contributed by atoms with Gasteiger partial charge in [-0.15, -0.1) is 0 Å². The lowest BCUT2D eigenvalue weighted by atomic mass is 9.91. The smallest absolute Gasteiger partial charge is 0.280 e. The third kappa shape index (κ3) is 4.93. The van der Waals surface area contributed by atoms with Gasteiger partial charge in [0.15, 0.2) is 5.78 Å². The number of hydrogen-bond acceptors (Lipinski definition) is 4. The molecule has 0 aliphatic carbocycles. The molecule has 1 aliphatic heterocycles. The van der Waals surface area contributed by atoms with Crippen molar-refractivity contribution in [2.45, 2.75) is 26.7 Å². The summed E-state index contributed by atoms with van der Waals surface area (Å²) in [4.78, 5) is 26.2. The summed E-state index contributed by atoms with van der Waals surface area (Å²) in [6, 6.07) is 13.4. The van der Waals surface area contributed by atoms with Crippen LogP contribution in [0.15, 0.2) is 54.6 Å². The van der Waals surface area contributed by atoms with Crippen molar-refractivity contribution in [2.24, 2.45) is 5.41 Å². The van der Waals surface area contributed by atoms with E-state index in [0.29, 0.717) is 5.56 Å². The number of nitrogens with zero attached hydrogens (tertiary/aromatic N) is 2. The number of nitro groups is 1. The average molecular weight is 378 g/mol. The summed E-state index contributed by atoms with van der Waals surface area (Å²) in [5.74, 6) is -0.334. The Balaban J connectivity index is 1.86. The van der Waals surface area contributed by atoms with E-state index in [-0.39, 0.29) is 22.4 Å². The van der Waals surface area contributed by atoms with Crippen molar-refractivity contribution in [1.29, 1.82) is 0 Å². The van der Waals surface area contributed by atoms with E-state index in [1.807, 2.05) is 12.1 Å². The van der Waals surface area contributed by atoms with Crippen LogP contribution in [0.5, 0.6) is 0 Å². The second-order valence-electron chi connectivity index (χ2n) is 8.03. The molecular weight excluding hydrogens is 352 g/mol. The fourth-order valence-corrected chi connectivity index (χ4v) is 3.64. The zero-order valence-corrected chi connectivity index (χ0v) is 16.4. The number of carbonyl (C=O) groups excluding carboxylic acids is 1. The highest BCUT2D eigenvalue weighted by molar-refractivity contribution is 6.11. The first-order valence-corrected chi connectivity index (χ1v) is 9.65. The Bertz CT molecular complexity index is 882. The van der Waals surface area contributed by atoms with Crippen molar-refractivity contribution < 1.29 is 9.72 Å². The van der Waals surface area contributed by atoms with Crippen LogP contribution in [0.3, 0.4) is 0 Å². The molecular formula is C23H26N2O3. The Morgan fingerprint density at radius 3 is 2.46 bits per heavy atom. The first-order chi connectivity index (χ1) is 13.4. The molecule has 28 heavy (non-hydrogen) atoms. The number of nitro benzene ring substituents is 1. The van der Waals surface area contributed by atoms with Gasteiger partial charge in [0.05, 0.1) is 4.92 Å². The van der Waals surface area contributed by atoms with Gasteiger partial charge in [-0.05, 0) is 49.0 Å². The highest BCUT2D eigenvalue weighted by atomic mass is 16.6. The Morgan fingerprint density at radius 2 is 1.82 bits per heavy atom. The van der Waals surface area contributed by atoms with E-state index in [1.165, 1.54) is 18.9 Å². The Labute approximate surface area is 165 Å². The molecule has 2 aromatic rings. The largest absolute Gasteiger partial charge is 0.302 e. The summed E-state index contributed by atoms with van der Waals surface area (Å²) in [5.41, 5.74) is 1.17. The van der Waals surface area contributed by atoms with Crippen molar-refractivity contribution in [3.63, 3.8) is 0 Å². The van der Waals surface area contributed by atoms with Crippen LogP contribution >= 0.6 is 0 Å². The predicted octanol–water partition coefficient (Wildman–Crippen LogP) is 4.96. The molecule has 0 amide bonds. The van der Waals surface area contributed by atoms with Crippen molar-refractivity contribution in [2.75, 3.05) is 19.6 Å². The van der Waals surface area contributed by atoms with Gasteiger partial charge in [0.2, 0.25) is 0 Å². The van der Waals surface area contributed by atoms with E-state index in [2.05, 4.69) is 24.8 Å². The lowest BCUT2D eigenvalue weighted by Crippen LogP contribution is -2.30. The lowest BCUT2D eigenvalue weighted by molar-refractivity contribution is -0.385. The van der Waals surface area contributed by atoms with E-state index >= 15 is 0 Å². The molecule has 0 unspecified atom stereocenters. The number of hydrogen-bond donors (Lipinski definition) is 0. The second-order valence-corrected chi connectivity index (χ2v) is 8.03. The van der Waals surface area contributed by atoms with Gasteiger partial charge in [-0.1, -0.05) is 56.3 Å². The highest BCUT2D eigenvalue weighted by Gasteiger charge is 2.23. The van der Waals surface area contributed by atoms with Crippen LogP contribution in [0.2, 0.25) is 0 Å². The molecule has 0 N–H and O–H groups in total. The number of ketones is 1. The first kappa shape index (κ1) is 20.0. The zero-order chi connectivity index (χ0) is 20.1. The van der Waals surface area contributed by atoms with Gasteiger partial charge in [0.25, 0.3) is 5.69 Å². The molecule has 0 radical (unpaired) electrons. The quantitative estimate of drug-likeness (QED) is 0.388. The Hall–Kier alpha value is -2.79. The monoisotopic (exact) mass is 378 g/mol. The second kappa shape index (κ2) is 8.48. The molecule has 0 spiro atoms. The zero-order valence-electron chi connectivity index (χ0n) is 16.4. The summed E-state index contributed by atoms with van der Waals surface area (Å²) in [7, 11) is 0. The van der Waals surface area contributed by atoms with E-state index in [1.54, 1.807) is 36.4 Å². The van der Waals surface area contributed by atoms with E-state index in [9.17, 15) is 14.9 Å². The van der Waals surface area contributed by atoms with Crippen molar-refractivity contribution in [1.82, 2.24) is 4.90 Å². The highest BCUT2D eigenvalue weighted by Crippen LogP contribution is 2.26. The van der Waals surface area contributed by atoms with Gasteiger partial charge >= 0.3 is 0 Å². The minimum absolute atomic E-state index is 0.0181. The summed E-state index contributed by atoms with van der Waals surface area (Å²) < 4.78 is 0. The predicted molar refractivity (Wildman–Crippen MR) is 111 cm³/mol. The lowest BCUT2D eigenvalue weighted by Gasteiger charge is -2.27. The first-order valence-electron chi connectivity index (χ1n) is 9.65. The van der Waals surface area contributed by atoms with Gasteiger partial charge in [0.1, 0.15) is 5.56 Å². The molecule has 0 atom stereocenters. The Morgan fingerprint density at radius 1 is 1.14 bits per heavy atom. The van der Waals surface area contributed by atoms with Crippen molar-refractivity contribution >= 4 is 17.5 Å². The fourth-order valence-electron chi connectivity index (χ4n) is 3.64. The van der Waals surface area contributed by atoms with Crippen LogP contribution in [-0.2, 0) is 0 Å². The molecule has 3 rings (SSSR count). The third-order valence-electron chi connectivity index (χ3n) is 5.05. The molecule has 1 aliphatic rings. The standard InChI is InChI=1S/C23H26N2O3/c1-23(2,17-24-14-6-7-15-24)13-12-18-10-11-21(25(27)28)20(16-18)22(26)19-8-4-3-5-9-19/h3-5,8-13,16H,6-7,14-15,17H2,1-2H3/b13-12+. The molecule has 5 nitrogen and oxygen atoms in total. The number of benzene rings is 2. The van der Waals surface area contributed by atoms with Crippen LogP contribution in [-0.4, -0.2) is 35.2 Å². The minimum Gasteiger partial charge on any atom is -0.302 e. The van der Waals surface area contributed by atoms with Crippen LogP contribution in [0.25, 0.3) is 6.08 Å². The van der Waals surface area contributed by atoms with E-state index < -0.39 is 4.92 Å². The maximum atomic E-state index is 12.8. The number of likely N-dealkylation sites (tertiary alicyclic amines) is 1. The Kier molecular flexibility index (Phi) is 6.05. The average Bonchev–Trinajstić information content (AvgIpc) is 3.18. The molecule has 1 heterocycles. The molecule has 0 aromatic heterocycles. The summed E-state index contributed by atoms with van der Waals surface area (Å²) in [5, 5.41) is 11.4. The summed E-state index contributed by atoms with van der Waals surface area (Å²) in [6.45, 7) is 7.63. The SMILES string of the molecule is CC(C)(/C=C/c1ccc([N+](=O)[O-])c(C(=O)c2ccccc2)c1)CN1CCCC1. The van der Waals surface area contributed by atoms with Crippen LogP contribution in [0.1, 0.15) is 48.2 Å². The topological polar surface area (TPSA) is 63.5 Å². The molecule has 5 heteroatoms. The van der Waals surface area contributed by atoms with E-state index in [4.69, 9.17) is 0 Å². The van der Waals surface area contributed by atoms with E-state index in [0.717, 1.165) is 25.2 Å². The van der Waals surface area contributed by atoms with Gasteiger partial charge in [-0.25, -0.2) is 0 Å². The maximum absolute atomic E-state index is 12.8.